The molecule has 94 valence electrons. The number of benzene rings is 1. The Bertz CT molecular complexity index is 430. The van der Waals surface area contributed by atoms with Crippen LogP contribution in [0.3, 0.4) is 0 Å². The molecule has 0 aliphatic carbocycles. The Morgan fingerprint density at radius 1 is 1.29 bits per heavy atom. The maximum atomic E-state index is 13.3. The second kappa shape index (κ2) is 4.17. The number of hydrogen-bond donors (Lipinski definition) is 1. The second-order valence-corrected chi connectivity index (χ2v) is 5.10. The van der Waals surface area contributed by atoms with Crippen molar-refractivity contribution in [3.63, 3.8) is 0 Å². The van der Waals surface area contributed by atoms with E-state index in [1.807, 2.05) is 0 Å². The summed E-state index contributed by atoms with van der Waals surface area (Å²) in [5.74, 6) is -1.59. The highest BCUT2D eigenvalue weighted by molar-refractivity contribution is 5.73. The summed E-state index contributed by atoms with van der Waals surface area (Å²) < 4.78 is 26.5. The number of nitrogens with one attached hydrogen (secondary N) is 1. The third-order valence-electron chi connectivity index (χ3n) is 3.22. The molecular weight excluding hydrogens is 222 g/mol. The van der Waals surface area contributed by atoms with Crippen molar-refractivity contribution in [1.82, 2.24) is 0 Å². The van der Waals surface area contributed by atoms with Gasteiger partial charge in [0.2, 0.25) is 0 Å². The smallest absolute Gasteiger partial charge is 0.161 e. The molecule has 1 aromatic rings. The summed E-state index contributed by atoms with van der Waals surface area (Å²) in [4.78, 5) is 2.14. The average molecular weight is 240 g/mol. The van der Waals surface area contributed by atoms with E-state index in [4.69, 9.17) is 0 Å². The van der Waals surface area contributed by atoms with Gasteiger partial charge in [-0.1, -0.05) is 6.92 Å². The molecule has 17 heavy (non-hydrogen) atoms. The number of fused-ring (bicyclic) bond motifs is 1. The van der Waals surface area contributed by atoms with Crippen LogP contribution >= 0.6 is 0 Å². The van der Waals surface area contributed by atoms with Gasteiger partial charge in [0.25, 0.3) is 0 Å². The predicted molar refractivity (Wildman–Crippen MR) is 66.6 cm³/mol. The fourth-order valence-corrected chi connectivity index (χ4v) is 2.28. The summed E-state index contributed by atoms with van der Waals surface area (Å²) in [6, 6.07) is 2.52. The van der Waals surface area contributed by atoms with Crippen LogP contribution in [0.15, 0.2) is 12.1 Å². The minimum absolute atomic E-state index is 0.0900. The highest BCUT2D eigenvalue weighted by Crippen LogP contribution is 2.37. The monoisotopic (exact) mass is 240 g/mol. The van der Waals surface area contributed by atoms with E-state index in [1.165, 1.54) is 12.1 Å². The highest BCUT2D eigenvalue weighted by Gasteiger charge is 2.32. The van der Waals surface area contributed by atoms with E-state index in [0.29, 0.717) is 5.69 Å². The summed E-state index contributed by atoms with van der Waals surface area (Å²) in [6.45, 7) is 7.84. The molecule has 2 nitrogen and oxygen atoms in total. The molecular formula is C13H18F2N2. The van der Waals surface area contributed by atoms with Crippen molar-refractivity contribution in [3.05, 3.63) is 23.8 Å². The van der Waals surface area contributed by atoms with Crippen LogP contribution < -0.4 is 10.2 Å². The van der Waals surface area contributed by atoms with Crippen molar-refractivity contribution < 1.29 is 8.78 Å². The zero-order chi connectivity index (χ0) is 12.6. The second-order valence-electron chi connectivity index (χ2n) is 5.10. The van der Waals surface area contributed by atoms with Crippen LogP contribution in [0.1, 0.15) is 27.2 Å². The highest BCUT2D eigenvalue weighted by atomic mass is 19.2. The molecule has 0 atom stereocenters. The minimum atomic E-state index is -0.799. The molecule has 0 fully saturated rings. The lowest BCUT2D eigenvalue weighted by Gasteiger charge is -2.45. The van der Waals surface area contributed by atoms with Crippen LogP contribution in [0.25, 0.3) is 0 Å². The van der Waals surface area contributed by atoms with Gasteiger partial charge in [-0.05, 0) is 20.3 Å². The van der Waals surface area contributed by atoms with Crippen LogP contribution in [0.2, 0.25) is 0 Å². The Morgan fingerprint density at radius 2 is 1.94 bits per heavy atom. The molecule has 0 spiro atoms. The maximum Gasteiger partial charge on any atom is 0.161 e. The van der Waals surface area contributed by atoms with Crippen molar-refractivity contribution in [2.75, 3.05) is 23.3 Å². The number of anilines is 2. The van der Waals surface area contributed by atoms with Gasteiger partial charge >= 0.3 is 0 Å². The molecule has 1 aliphatic heterocycles. The Hall–Kier alpha value is -1.32. The topological polar surface area (TPSA) is 15.3 Å². The Morgan fingerprint density at radius 3 is 2.59 bits per heavy atom. The number of rotatable bonds is 2. The number of hydrogen-bond acceptors (Lipinski definition) is 2. The van der Waals surface area contributed by atoms with Crippen LogP contribution in [0.4, 0.5) is 20.2 Å². The molecule has 0 saturated heterocycles. The van der Waals surface area contributed by atoms with Gasteiger partial charge in [-0.25, -0.2) is 8.78 Å². The molecule has 1 aromatic carbocycles. The molecule has 0 bridgehead atoms. The first-order chi connectivity index (χ1) is 7.95. The molecule has 1 N–H and O–H groups in total. The Balaban J connectivity index is 2.48. The van der Waals surface area contributed by atoms with Gasteiger partial charge in [-0.2, -0.15) is 0 Å². The molecule has 0 radical (unpaired) electrons. The fraction of sp³-hybridized carbons (Fsp3) is 0.538. The van der Waals surface area contributed by atoms with Gasteiger partial charge in [0.05, 0.1) is 16.9 Å². The summed E-state index contributed by atoms with van der Waals surface area (Å²) in [5.41, 5.74) is 1.34. The minimum Gasteiger partial charge on any atom is -0.381 e. The molecule has 0 aromatic heterocycles. The first-order valence-electron chi connectivity index (χ1n) is 5.96. The average Bonchev–Trinajstić information content (AvgIpc) is 2.26. The van der Waals surface area contributed by atoms with E-state index in [0.717, 1.165) is 25.2 Å². The lowest BCUT2D eigenvalue weighted by atomic mass is 9.97. The summed E-state index contributed by atoms with van der Waals surface area (Å²) in [6.07, 6.45) is 0.974. The van der Waals surface area contributed by atoms with Crippen molar-refractivity contribution in [3.8, 4) is 0 Å². The van der Waals surface area contributed by atoms with E-state index >= 15 is 0 Å². The van der Waals surface area contributed by atoms with E-state index in [1.54, 1.807) is 0 Å². The molecule has 1 aliphatic rings. The first kappa shape index (κ1) is 12.1. The van der Waals surface area contributed by atoms with Gasteiger partial charge in [0.1, 0.15) is 0 Å². The van der Waals surface area contributed by atoms with E-state index in [-0.39, 0.29) is 5.54 Å². The normalized spacial score (nSPS) is 17.6. The summed E-state index contributed by atoms with van der Waals surface area (Å²) >= 11 is 0. The predicted octanol–water partition coefficient (Wildman–Crippen LogP) is 3.39. The van der Waals surface area contributed by atoms with Gasteiger partial charge in [-0.15, -0.1) is 0 Å². The van der Waals surface area contributed by atoms with Gasteiger partial charge in [-0.3, -0.25) is 0 Å². The molecule has 1 heterocycles. The lowest BCUT2D eigenvalue weighted by Crippen LogP contribution is -2.52. The van der Waals surface area contributed by atoms with Crippen molar-refractivity contribution in [1.29, 1.82) is 0 Å². The van der Waals surface area contributed by atoms with E-state index in [2.05, 4.69) is 31.0 Å². The van der Waals surface area contributed by atoms with Crippen LogP contribution in [-0.2, 0) is 0 Å². The summed E-state index contributed by atoms with van der Waals surface area (Å²) in [5, 5.41) is 3.16. The zero-order valence-electron chi connectivity index (χ0n) is 10.5. The molecule has 4 heteroatoms. The van der Waals surface area contributed by atoms with Crippen LogP contribution in [0.5, 0.6) is 0 Å². The Kier molecular flexibility index (Phi) is 2.98. The van der Waals surface area contributed by atoms with Crippen LogP contribution in [-0.4, -0.2) is 18.6 Å². The van der Waals surface area contributed by atoms with Crippen LogP contribution in [0, 0.1) is 11.6 Å². The molecule has 2 rings (SSSR count). The van der Waals surface area contributed by atoms with Gasteiger partial charge in [0.15, 0.2) is 11.6 Å². The van der Waals surface area contributed by atoms with Crippen molar-refractivity contribution in [2.24, 2.45) is 0 Å². The largest absolute Gasteiger partial charge is 0.381 e. The summed E-state index contributed by atoms with van der Waals surface area (Å²) in [7, 11) is 0. The van der Waals surface area contributed by atoms with Crippen molar-refractivity contribution >= 4 is 11.4 Å². The third kappa shape index (κ3) is 2.08. The third-order valence-corrected chi connectivity index (χ3v) is 3.22. The van der Waals surface area contributed by atoms with Crippen molar-refractivity contribution in [2.45, 2.75) is 32.7 Å². The Labute approximate surface area is 101 Å². The number of nitrogens with zero attached hydrogens (tertiary/aromatic N) is 1. The quantitative estimate of drug-likeness (QED) is 0.852. The van der Waals surface area contributed by atoms with Gasteiger partial charge < -0.3 is 10.2 Å². The standard InChI is InChI=1S/C13H18F2N2/c1-4-5-17-12-7-10(15)9(14)6-11(12)16-8-13(17,2)3/h6-7,16H,4-5,8H2,1-3H3. The number of halogens is 2. The molecule has 0 saturated carbocycles. The molecule has 0 amide bonds. The SMILES string of the molecule is CCCN1c2cc(F)c(F)cc2NCC1(C)C. The first-order valence-corrected chi connectivity index (χ1v) is 5.96. The van der Waals surface area contributed by atoms with Gasteiger partial charge in [0, 0.05) is 25.2 Å². The van der Waals surface area contributed by atoms with E-state index in [9.17, 15) is 8.78 Å². The lowest BCUT2D eigenvalue weighted by molar-refractivity contribution is 0.463. The zero-order valence-corrected chi connectivity index (χ0v) is 10.5. The molecule has 0 unspecified atom stereocenters. The fourth-order valence-electron chi connectivity index (χ4n) is 2.28. The maximum absolute atomic E-state index is 13.3. The van der Waals surface area contributed by atoms with E-state index < -0.39 is 11.6 Å².